The molecule has 4 nitrogen and oxygen atoms in total. The van der Waals surface area contributed by atoms with Crippen LogP contribution in [-0.4, -0.2) is 32.0 Å². The maximum atomic E-state index is 11.8. The summed E-state index contributed by atoms with van der Waals surface area (Å²) in [4.78, 5) is 13.3. The first-order valence-corrected chi connectivity index (χ1v) is 6.47. The SMILES string of the molecule is CO[C@H](C)c1cccc(-c2ccc(C(=O)N(C)C)o2)c1. The first-order valence-electron chi connectivity index (χ1n) is 6.47. The van der Waals surface area contributed by atoms with Crippen LogP contribution in [0, 0.1) is 0 Å². The molecule has 0 aliphatic heterocycles. The van der Waals surface area contributed by atoms with Crippen molar-refractivity contribution >= 4 is 5.91 Å². The lowest BCUT2D eigenvalue weighted by atomic mass is 10.1. The van der Waals surface area contributed by atoms with E-state index in [0.717, 1.165) is 11.1 Å². The van der Waals surface area contributed by atoms with Crippen LogP contribution >= 0.6 is 0 Å². The Morgan fingerprint density at radius 2 is 2.00 bits per heavy atom. The van der Waals surface area contributed by atoms with E-state index in [4.69, 9.17) is 9.15 Å². The Morgan fingerprint density at radius 3 is 2.65 bits per heavy atom. The van der Waals surface area contributed by atoms with Crippen molar-refractivity contribution in [2.24, 2.45) is 0 Å². The fourth-order valence-corrected chi connectivity index (χ4v) is 1.91. The Labute approximate surface area is 119 Å². The van der Waals surface area contributed by atoms with E-state index in [1.165, 1.54) is 4.90 Å². The van der Waals surface area contributed by atoms with E-state index in [1.54, 1.807) is 27.3 Å². The molecule has 2 aromatic rings. The topological polar surface area (TPSA) is 42.7 Å². The number of ether oxygens (including phenoxy) is 1. The van der Waals surface area contributed by atoms with Gasteiger partial charge in [-0.3, -0.25) is 4.79 Å². The van der Waals surface area contributed by atoms with E-state index in [2.05, 4.69) is 0 Å². The number of carbonyl (C=O) groups excluding carboxylic acids is 1. The summed E-state index contributed by atoms with van der Waals surface area (Å²) in [5.74, 6) is 0.883. The third-order valence-corrected chi connectivity index (χ3v) is 3.22. The third-order valence-electron chi connectivity index (χ3n) is 3.22. The average molecular weight is 273 g/mol. The van der Waals surface area contributed by atoms with E-state index >= 15 is 0 Å². The summed E-state index contributed by atoms with van der Waals surface area (Å²) >= 11 is 0. The van der Waals surface area contributed by atoms with Gasteiger partial charge in [-0.1, -0.05) is 18.2 Å². The van der Waals surface area contributed by atoms with Crippen LogP contribution in [0.25, 0.3) is 11.3 Å². The monoisotopic (exact) mass is 273 g/mol. The van der Waals surface area contributed by atoms with Gasteiger partial charge in [-0.2, -0.15) is 0 Å². The van der Waals surface area contributed by atoms with Crippen LogP contribution in [0.15, 0.2) is 40.8 Å². The second-order valence-corrected chi connectivity index (χ2v) is 4.87. The van der Waals surface area contributed by atoms with Crippen molar-refractivity contribution in [3.63, 3.8) is 0 Å². The summed E-state index contributed by atoms with van der Waals surface area (Å²) in [6.45, 7) is 1.99. The Morgan fingerprint density at radius 1 is 1.25 bits per heavy atom. The van der Waals surface area contributed by atoms with Crippen LogP contribution in [0.5, 0.6) is 0 Å². The zero-order valence-electron chi connectivity index (χ0n) is 12.2. The molecule has 4 heteroatoms. The largest absolute Gasteiger partial charge is 0.451 e. The number of benzene rings is 1. The van der Waals surface area contributed by atoms with Crippen LogP contribution in [0.4, 0.5) is 0 Å². The predicted octanol–water partition coefficient (Wildman–Crippen LogP) is 3.36. The van der Waals surface area contributed by atoms with Crippen molar-refractivity contribution in [3.8, 4) is 11.3 Å². The van der Waals surface area contributed by atoms with Gasteiger partial charge in [0.2, 0.25) is 0 Å². The Kier molecular flexibility index (Phi) is 4.25. The van der Waals surface area contributed by atoms with Crippen LogP contribution < -0.4 is 0 Å². The minimum atomic E-state index is -0.141. The molecule has 1 atom stereocenters. The number of methoxy groups -OCH3 is 1. The van der Waals surface area contributed by atoms with Crippen molar-refractivity contribution in [1.82, 2.24) is 4.90 Å². The van der Waals surface area contributed by atoms with Gasteiger partial charge in [0.1, 0.15) is 5.76 Å². The van der Waals surface area contributed by atoms with E-state index < -0.39 is 0 Å². The highest BCUT2D eigenvalue weighted by Gasteiger charge is 2.14. The fourth-order valence-electron chi connectivity index (χ4n) is 1.91. The standard InChI is InChI=1S/C16H19NO3/c1-11(19-4)12-6-5-7-13(10-12)14-8-9-15(20-14)16(18)17(2)3/h5-11H,1-4H3/t11-/m1/s1. The molecule has 1 aromatic heterocycles. The minimum Gasteiger partial charge on any atom is -0.451 e. The lowest BCUT2D eigenvalue weighted by Gasteiger charge is -2.10. The van der Waals surface area contributed by atoms with Crippen LogP contribution in [0.1, 0.15) is 29.1 Å². The van der Waals surface area contributed by atoms with Crippen molar-refractivity contribution in [1.29, 1.82) is 0 Å². The summed E-state index contributed by atoms with van der Waals surface area (Å²) in [6, 6.07) is 11.4. The maximum Gasteiger partial charge on any atom is 0.289 e. The van der Waals surface area contributed by atoms with Crippen molar-refractivity contribution in [3.05, 3.63) is 47.7 Å². The number of hydrogen-bond donors (Lipinski definition) is 0. The normalized spacial score (nSPS) is 12.2. The lowest BCUT2D eigenvalue weighted by molar-refractivity contribution is 0.0797. The van der Waals surface area contributed by atoms with E-state index in [9.17, 15) is 4.79 Å². The molecular weight excluding hydrogens is 254 g/mol. The van der Waals surface area contributed by atoms with Gasteiger partial charge in [0.05, 0.1) is 6.10 Å². The molecule has 0 saturated carbocycles. The highest BCUT2D eigenvalue weighted by atomic mass is 16.5. The number of nitrogens with zero attached hydrogens (tertiary/aromatic N) is 1. The molecule has 0 radical (unpaired) electrons. The number of hydrogen-bond acceptors (Lipinski definition) is 3. The molecule has 0 N–H and O–H groups in total. The summed E-state index contributed by atoms with van der Waals surface area (Å²) < 4.78 is 10.9. The summed E-state index contributed by atoms with van der Waals surface area (Å²) in [5, 5.41) is 0. The quantitative estimate of drug-likeness (QED) is 0.858. The van der Waals surface area contributed by atoms with Gasteiger partial charge in [0.25, 0.3) is 5.91 Å². The van der Waals surface area contributed by atoms with Gasteiger partial charge in [0, 0.05) is 26.8 Å². The number of furan rings is 1. The molecule has 106 valence electrons. The molecule has 20 heavy (non-hydrogen) atoms. The predicted molar refractivity (Wildman–Crippen MR) is 77.6 cm³/mol. The Balaban J connectivity index is 2.31. The third kappa shape index (κ3) is 2.91. The van der Waals surface area contributed by atoms with Gasteiger partial charge in [-0.15, -0.1) is 0 Å². The summed E-state index contributed by atoms with van der Waals surface area (Å²) in [6.07, 6.45) is 0.0211. The number of carbonyl (C=O) groups is 1. The second kappa shape index (κ2) is 5.92. The Bertz CT molecular complexity index is 601. The summed E-state index contributed by atoms with van der Waals surface area (Å²) in [5.41, 5.74) is 2.01. The molecule has 1 amide bonds. The maximum absolute atomic E-state index is 11.8. The Hall–Kier alpha value is -2.07. The van der Waals surface area contributed by atoms with E-state index in [-0.39, 0.29) is 12.0 Å². The fraction of sp³-hybridized carbons (Fsp3) is 0.312. The van der Waals surface area contributed by atoms with Gasteiger partial charge in [-0.25, -0.2) is 0 Å². The lowest BCUT2D eigenvalue weighted by Crippen LogP contribution is -2.20. The molecule has 0 saturated heterocycles. The van der Waals surface area contributed by atoms with Crippen molar-refractivity contribution in [2.45, 2.75) is 13.0 Å². The van der Waals surface area contributed by atoms with E-state index in [0.29, 0.717) is 11.5 Å². The smallest absolute Gasteiger partial charge is 0.289 e. The second-order valence-electron chi connectivity index (χ2n) is 4.87. The highest BCUT2D eigenvalue weighted by Crippen LogP contribution is 2.26. The van der Waals surface area contributed by atoms with Crippen LogP contribution in [-0.2, 0) is 4.74 Å². The van der Waals surface area contributed by atoms with Crippen molar-refractivity contribution in [2.75, 3.05) is 21.2 Å². The first kappa shape index (κ1) is 14.3. The van der Waals surface area contributed by atoms with Gasteiger partial charge < -0.3 is 14.1 Å². The van der Waals surface area contributed by atoms with Gasteiger partial charge >= 0.3 is 0 Å². The van der Waals surface area contributed by atoms with Gasteiger partial charge in [0.15, 0.2) is 5.76 Å². The average Bonchev–Trinajstić information content (AvgIpc) is 2.95. The molecule has 0 unspecified atom stereocenters. The first-order chi connectivity index (χ1) is 9.52. The molecule has 0 aliphatic carbocycles. The van der Waals surface area contributed by atoms with Crippen molar-refractivity contribution < 1.29 is 13.9 Å². The van der Waals surface area contributed by atoms with Crippen LogP contribution in [0.3, 0.4) is 0 Å². The zero-order valence-corrected chi connectivity index (χ0v) is 12.2. The molecule has 0 bridgehead atoms. The highest BCUT2D eigenvalue weighted by molar-refractivity contribution is 5.91. The molecule has 0 spiro atoms. The molecule has 0 aliphatic rings. The molecule has 0 fully saturated rings. The van der Waals surface area contributed by atoms with E-state index in [1.807, 2.05) is 37.3 Å². The van der Waals surface area contributed by atoms with Crippen LogP contribution in [0.2, 0.25) is 0 Å². The van der Waals surface area contributed by atoms with Gasteiger partial charge in [-0.05, 0) is 30.7 Å². The molecule has 1 aromatic carbocycles. The molecule has 2 rings (SSSR count). The molecular formula is C16H19NO3. The minimum absolute atomic E-state index is 0.0211. The molecule has 1 heterocycles. The summed E-state index contributed by atoms with van der Waals surface area (Å²) in [7, 11) is 5.08. The number of amides is 1. The number of rotatable bonds is 4. The zero-order chi connectivity index (χ0) is 14.7.